The van der Waals surface area contributed by atoms with Crippen LogP contribution in [0.15, 0.2) is 188 Å². The second-order valence-corrected chi connectivity index (χ2v) is 27.3. The number of H-pyrrole nitrogens is 5. The summed E-state index contributed by atoms with van der Waals surface area (Å²) in [7, 11) is 1.48. The summed E-state index contributed by atoms with van der Waals surface area (Å²) in [4.78, 5) is 97.4. The number of benzene rings is 6. The fourth-order valence-electron chi connectivity index (χ4n) is 11.2. The van der Waals surface area contributed by atoms with Crippen molar-refractivity contribution in [1.82, 2.24) is 97.9 Å². The fraction of sp³-hybridized carbons (Fsp3) is 0.218. The molecule has 652 valence electrons. The molecule has 0 aliphatic carbocycles. The van der Waals surface area contributed by atoms with Crippen molar-refractivity contribution in [3.8, 4) is 34.4 Å². The zero-order valence-corrected chi connectivity index (χ0v) is 66.0. The normalized spacial score (nSPS) is 11.8. The number of alkyl halides is 14. The second kappa shape index (κ2) is 36.8. The summed E-state index contributed by atoms with van der Waals surface area (Å²) in [6, 6.07) is 43.3. The molecule has 7 N–H and O–H groups in total. The molecule has 16 aromatic rings. The van der Waals surface area contributed by atoms with E-state index < -0.39 is 87.8 Å². The molecule has 125 heavy (non-hydrogen) atoms. The van der Waals surface area contributed by atoms with E-state index in [0.717, 1.165) is 66.1 Å². The Morgan fingerprint density at radius 1 is 0.400 bits per heavy atom. The van der Waals surface area contributed by atoms with Crippen LogP contribution in [0, 0.1) is 26.6 Å². The van der Waals surface area contributed by atoms with Gasteiger partial charge in [0.05, 0.1) is 54.4 Å². The highest BCUT2D eigenvalue weighted by atomic mass is 35.5. The lowest BCUT2D eigenvalue weighted by Crippen LogP contribution is -2.17. The maximum Gasteiger partial charge on any atom is 0.451 e. The molecule has 47 heteroatoms. The molecule has 0 bridgehead atoms. The Hall–Kier alpha value is -14.9. The minimum atomic E-state index is -4.76. The monoisotopic (exact) mass is 1770 g/mol. The first-order chi connectivity index (χ1) is 59.0. The van der Waals surface area contributed by atoms with E-state index in [0.29, 0.717) is 68.8 Å². The van der Waals surface area contributed by atoms with Crippen LogP contribution in [0.5, 0.6) is 23.0 Å². The van der Waals surface area contributed by atoms with E-state index in [1.807, 2.05) is 94.9 Å². The van der Waals surface area contributed by atoms with Crippen molar-refractivity contribution in [2.75, 3.05) is 17.7 Å². The molecule has 0 atom stereocenters. The van der Waals surface area contributed by atoms with Crippen LogP contribution in [0.1, 0.15) is 93.4 Å². The van der Waals surface area contributed by atoms with Crippen LogP contribution in [0.25, 0.3) is 40.3 Å². The van der Waals surface area contributed by atoms with Gasteiger partial charge in [0, 0.05) is 59.1 Å². The van der Waals surface area contributed by atoms with E-state index in [4.69, 9.17) is 30.5 Å². The number of aryl methyl sites for hydroxylation is 4. The zero-order valence-electron chi connectivity index (χ0n) is 65.3. The molecule has 0 amide bonds. The number of methoxy groups -OCH3 is 1. The van der Waals surface area contributed by atoms with E-state index in [9.17, 15) is 89.8 Å². The maximum absolute atomic E-state index is 13.5. The van der Waals surface area contributed by atoms with Crippen LogP contribution < -0.4 is 57.4 Å². The first-order valence-corrected chi connectivity index (χ1v) is 36.8. The third-order valence-electron chi connectivity index (χ3n) is 17.6. The Bertz CT molecular complexity index is 6750. The minimum absolute atomic E-state index is 0.00360. The number of nitrogens with one attached hydrogen (secondary N) is 7. The summed E-state index contributed by atoms with van der Waals surface area (Å²) in [5, 5.41) is 16.7. The van der Waals surface area contributed by atoms with E-state index >= 15 is 0 Å². The lowest BCUT2D eigenvalue weighted by atomic mass is 10.1. The topological polar surface area (TPSA) is 376 Å². The Morgan fingerprint density at radius 3 is 1.24 bits per heavy atom. The highest BCUT2D eigenvalue weighted by Crippen LogP contribution is 2.33. The molecule has 0 saturated carbocycles. The molecule has 0 aliphatic rings. The van der Waals surface area contributed by atoms with Gasteiger partial charge in [0.1, 0.15) is 48.6 Å². The number of ether oxygens (including phenoxy) is 4. The number of fused-ring (bicyclic) bond motifs is 5. The van der Waals surface area contributed by atoms with Gasteiger partial charge in [-0.15, -0.1) is 0 Å². The van der Waals surface area contributed by atoms with Crippen molar-refractivity contribution >= 4 is 51.9 Å². The van der Waals surface area contributed by atoms with Crippen molar-refractivity contribution in [3.05, 3.63) is 306 Å². The minimum Gasteiger partial charge on any atom is -0.495 e. The van der Waals surface area contributed by atoms with Gasteiger partial charge in [0.2, 0.25) is 23.3 Å². The van der Waals surface area contributed by atoms with Crippen molar-refractivity contribution < 1.29 is 84.8 Å². The first kappa shape index (κ1) is 89.4. The van der Waals surface area contributed by atoms with Crippen LogP contribution in [0.4, 0.5) is 77.2 Å². The van der Waals surface area contributed by atoms with Crippen molar-refractivity contribution in [1.29, 1.82) is 0 Å². The predicted octanol–water partition coefficient (Wildman–Crippen LogP) is 14.2. The van der Waals surface area contributed by atoms with Crippen LogP contribution in [-0.2, 0) is 70.0 Å². The second-order valence-electron chi connectivity index (χ2n) is 26.9. The number of nitrogens with zero attached hydrogens (tertiary/aromatic N) is 15. The first-order valence-electron chi connectivity index (χ1n) is 36.4. The van der Waals surface area contributed by atoms with E-state index in [1.165, 1.54) is 47.5 Å². The van der Waals surface area contributed by atoms with Crippen molar-refractivity contribution in [2.24, 2.45) is 0 Å². The third kappa shape index (κ3) is 22.6. The van der Waals surface area contributed by atoms with Gasteiger partial charge in [-0.1, -0.05) is 85.3 Å². The maximum atomic E-state index is 13.5. The van der Waals surface area contributed by atoms with Gasteiger partial charge in [-0.25, -0.2) is 38.1 Å². The molecular weight excluding hydrogens is 1710 g/mol. The van der Waals surface area contributed by atoms with Gasteiger partial charge >= 0.3 is 24.7 Å². The Kier molecular flexibility index (Phi) is 26.3. The van der Waals surface area contributed by atoms with Crippen molar-refractivity contribution in [3.63, 3.8) is 0 Å². The molecule has 10 aromatic heterocycles. The lowest BCUT2D eigenvalue weighted by Gasteiger charge is -2.12. The van der Waals surface area contributed by atoms with Crippen LogP contribution in [0.3, 0.4) is 0 Å². The van der Waals surface area contributed by atoms with Crippen molar-refractivity contribution in [2.45, 2.75) is 105 Å². The van der Waals surface area contributed by atoms with E-state index in [1.54, 1.807) is 43.3 Å². The van der Waals surface area contributed by atoms with Crippen LogP contribution in [-0.4, -0.2) is 105 Å². The Labute approximate surface area is 694 Å². The van der Waals surface area contributed by atoms with Crippen LogP contribution >= 0.6 is 11.6 Å². The SMILES string of the molecule is CC(F)(F)c1cccc(OCc2cc(=O)n3[nH]c(C(F)(F)F)nc3n2)c1.CCc1cccc(OCc2cc(=O)n3[nH]c(-c4ccccc4)nc3n2)c1.COc1ccc(Cl)cc1NCc1cc(=O)n2[nH]c(C(F)(F)F)nc2n1.Cc1ccc(NCc2cc(=O)n3[nH]c(C(F)(F)F)nc3n2)cc1F.Cc1ccc(OCc2cc(=O)n3[nH]c(C(F)(F)F)nc3n2)cc1C. The summed E-state index contributed by atoms with van der Waals surface area (Å²) in [5.41, 5.74) is 3.45. The quantitative estimate of drug-likeness (QED) is 0.0370. The van der Waals surface area contributed by atoms with Gasteiger partial charge in [0.25, 0.3) is 62.6 Å². The van der Waals surface area contributed by atoms with E-state index in [2.05, 4.69) is 78.6 Å². The molecule has 31 nitrogen and oxygen atoms in total. The Balaban J connectivity index is 0.000000142. The molecule has 6 aromatic carbocycles. The fourth-order valence-corrected chi connectivity index (χ4v) is 11.3. The summed E-state index contributed by atoms with van der Waals surface area (Å²) >= 11 is 5.92. The van der Waals surface area contributed by atoms with Gasteiger partial charge < -0.3 is 29.6 Å². The van der Waals surface area contributed by atoms with Gasteiger partial charge in [-0.05, 0) is 116 Å². The lowest BCUT2D eigenvalue weighted by molar-refractivity contribution is -0.145. The molecule has 10 heterocycles. The molecule has 0 radical (unpaired) electrons. The van der Waals surface area contributed by atoms with Gasteiger partial charge in [-0.3, -0.25) is 49.5 Å². The standard InChI is InChI=1S/C20H18N4O2.C15H11F5N4O2.C15H13F3N4O2.C14H11ClF3N5O2.C14H11F4N5O/c1-2-14-7-6-10-17(11-14)26-13-16-12-18(25)24-20(21-16)22-19(23-24)15-8-4-3-5-9-15;1-14(16,17)8-3-2-4-10(5-8)26-7-9-6-11(25)24-13(21-9)22-12(23-24)15(18,19)20;1-8-3-4-11(5-9(8)2)24-7-10-6-12(23)22-14(19-10)20-13(21-22)15(16,17)18;1-25-10-3-2-7(15)4-9(10)19-6-8-5-11(24)23-13(20-8)21-12(22-23)14(16,17)18;1-7-2-3-8(4-10(7)15)19-6-9-5-11(24)23-13(20-9)21-12(22-23)14(16,17)18/h3-12H,2,13H2,1H3,(H,21,22,23);2-6H,7H2,1H3,(H,21,22,23);3-6H,7H2,1-2H3,(H,19,20,21);2-5,19H,6H2,1H3,(H,20,21,22);2-5,19H,6H2,1H3,(H,20,21,22). The number of aromatic amines is 5. The summed E-state index contributed by atoms with van der Waals surface area (Å²) in [6.45, 7) is 8.29. The highest BCUT2D eigenvalue weighted by Gasteiger charge is 2.39. The number of hydrogen-bond donors (Lipinski definition) is 7. The summed E-state index contributed by atoms with van der Waals surface area (Å²) < 4.78 is 217. The molecule has 0 fully saturated rings. The number of hydrogen-bond acceptors (Lipinski definition) is 21. The molecule has 0 spiro atoms. The number of anilines is 2. The molecule has 0 saturated heterocycles. The molecular formula is C78H64ClF15N22O9. The molecule has 16 rings (SSSR count). The smallest absolute Gasteiger partial charge is 0.451 e. The third-order valence-corrected chi connectivity index (χ3v) is 17.8. The average molecular weight is 1770 g/mol. The Morgan fingerprint density at radius 2 is 0.808 bits per heavy atom. The predicted molar refractivity (Wildman–Crippen MR) is 418 cm³/mol. The highest BCUT2D eigenvalue weighted by molar-refractivity contribution is 6.31. The summed E-state index contributed by atoms with van der Waals surface area (Å²) in [5.74, 6) is -7.39. The van der Waals surface area contributed by atoms with Gasteiger partial charge in [-0.2, -0.15) is 100 Å². The van der Waals surface area contributed by atoms with Crippen LogP contribution in [0.2, 0.25) is 5.02 Å². The average Bonchev–Trinajstić information content (AvgIpc) is 1.74. The number of aromatic nitrogens is 20. The van der Waals surface area contributed by atoms with E-state index in [-0.39, 0.29) is 89.9 Å². The summed E-state index contributed by atoms with van der Waals surface area (Å²) in [6.07, 6.45) is -17.9. The zero-order chi connectivity index (χ0) is 90.2. The van der Waals surface area contributed by atoms with Gasteiger partial charge in [0.15, 0.2) is 5.82 Å². The molecule has 0 aliphatic heterocycles. The number of rotatable bonds is 19. The molecule has 0 unspecified atom stereocenters. The largest absolute Gasteiger partial charge is 0.495 e. The number of halogens is 16.